The first-order valence-electron chi connectivity index (χ1n) is 7.81. The molecule has 8 heteroatoms. The van der Waals surface area contributed by atoms with Crippen molar-refractivity contribution < 1.29 is 18.1 Å². The topological polar surface area (TPSA) is 70.9 Å². The molecule has 0 aliphatic carbocycles. The van der Waals surface area contributed by atoms with Crippen LogP contribution < -0.4 is 10.2 Å². The Kier molecular flexibility index (Phi) is 5.50. The predicted octanol–water partition coefficient (Wildman–Crippen LogP) is -0.0595. The zero-order valence-corrected chi connectivity index (χ0v) is 15.8. The Bertz CT molecular complexity index is 627. The van der Waals surface area contributed by atoms with Crippen molar-refractivity contribution in [3.05, 3.63) is 17.5 Å². The van der Waals surface area contributed by atoms with Gasteiger partial charge < -0.3 is 10.2 Å². The van der Waals surface area contributed by atoms with E-state index < -0.39 is 10.0 Å². The number of nitrogens with one attached hydrogen (secondary N) is 2. The van der Waals surface area contributed by atoms with Gasteiger partial charge in [0.1, 0.15) is 4.21 Å². The molecular formula is C15H26N3O3S2+. The minimum absolute atomic E-state index is 0.0158. The molecule has 130 valence electrons. The van der Waals surface area contributed by atoms with Gasteiger partial charge in [-0.3, -0.25) is 4.79 Å². The summed E-state index contributed by atoms with van der Waals surface area (Å²) < 4.78 is 26.9. The summed E-state index contributed by atoms with van der Waals surface area (Å²) in [5, 5.41) is 4.76. The standard InChI is InChI=1S/C15H25N3O3S2/c1-12(14(19)16-15(2,3)4)17-7-9-18(10-8-17)23(20,21)13-6-5-11-22-13/h5-6,11-12H,7-10H2,1-4H3,(H,16,19)/p+1/t12-/m1/s1. The van der Waals surface area contributed by atoms with Crippen molar-refractivity contribution in [1.29, 1.82) is 0 Å². The minimum atomic E-state index is -3.38. The van der Waals surface area contributed by atoms with Crippen LogP contribution in [0.25, 0.3) is 0 Å². The van der Waals surface area contributed by atoms with E-state index >= 15 is 0 Å². The number of thiophene rings is 1. The van der Waals surface area contributed by atoms with E-state index in [0.29, 0.717) is 30.4 Å². The van der Waals surface area contributed by atoms with E-state index in [2.05, 4.69) is 5.32 Å². The number of nitrogens with zero attached hydrogens (tertiary/aromatic N) is 1. The molecule has 0 aromatic carbocycles. The highest BCUT2D eigenvalue weighted by Gasteiger charge is 2.35. The molecule has 0 spiro atoms. The summed E-state index contributed by atoms with van der Waals surface area (Å²) in [5.74, 6) is 0.0158. The molecule has 1 fully saturated rings. The molecule has 1 aromatic heterocycles. The Balaban J connectivity index is 1.95. The van der Waals surface area contributed by atoms with E-state index in [1.54, 1.807) is 17.5 Å². The Morgan fingerprint density at radius 2 is 1.96 bits per heavy atom. The molecule has 1 saturated heterocycles. The van der Waals surface area contributed by atoms with Crippen LogP contribution in [0.5, 0.6) is 0 Å². The number of quaternary nitrogens is 1. The van der Waals surface area contributed by atoms with Gasteiger partial charge in [-0.15, -0.1) is 11.3 Å². The first-order valence-corrected chi connectivity index (χ1v) is 10.1. The molecule has 6 nitrogen and oxygen atoms in total. The molecule has 2 heterocycles. The Hall–Kier alpha value is -0.960. The smallest absolute Gasteiger partial charge is 0.278 e. The zero-order valence-electron chi connectivity index (χ0n) is 14.1. The van der Waals surface area contributed by atoms with Crippen molar-refractivity contribution in [3.63, 3.8) is 0 Å². The molecule has 1 aromatic rings. The van der Waals surface area contributed by atoms with Crippen molar-refractivity contribution in [3.8, 4) is 0 Å². The van der Waals surface area contributed by atoms with Gasteiger partial charge in [-0.25, -0.2) is 8.42 Å². The average molecular weight is 361 g/mol. The molecule has 23 heavy (non-hydrogen) atoms. The van der Waals surface area contributed by atoms with Crippen LogP contribution in [-0.2, 0) is 14.8 Å². The lowest BCUT2D eigenvalue weighted by molar-refractivity contribution is -0.917. The second-order valence-corrected chi connectivity index (χ2v) is 10.1. The van der Waals surface area contributed by atoms with Gasteiger partial charge in [0.05, 0.1) is 26.2 Å². The second kappa shape index (κ2) is 6.88. The van der Waals surface area contributed by atoms with Crippen molar-refractivity contribution in [2.45, 2.75) is 43.5 Å². The van der Waals surface area contributed by atoms with Gasteiger partial charge in [-0.2, -0.15) is 4.31 Å². The molecule has 2 N–H and O–H groups in total. The number of piperazine rings is 1. The molecule has 0 saturated carbocycles. The lowest BCUT2D eigenvalue weighted by Gasteiger charge is -2.35. The quantitative estimate of drug-likeness (QED) is 0.790. The van der Waals surface area contributed by atoms with Crippen LogP contribution in [0.3, 0.4) is 0 Å². The summed E-state index contributed by atoms with van der Waals surface area (Å²) in [6.45, 7) is 9.95. The monoisotopic (exact) mass is 360 g/mol. The summed E-state index contributed by atoms with van der Waals surface area (Å²) in [5.41, 5.74) is -0.255. The molecule has 0 unspecified atom stereocenters. The Morgan fingerprint density at radius 3 is 2.43 bits per heavy atom. The summed E-state index contributed by atoms with van der Waals surface area (Å²) in [7, 11) is -3.38. The van der Waals surface area contributed by atoms with Gasteiger partial charge in [0.15, 0.2) is 6.04 Å². The van der Waals surface area contributed by atoms with Gasteiger partial charge in [0.2, 0.25) is 0 Å². The maximum atomic E-state index is 12.5. The van der Waals surface area contributed by atoms with Gasteiger partial charge >= 0.3 is 0 Å². The predicted molar refractivity (Wildman–Crippen MR) is 91.1 cm³/mol. The summed E-state index contributed by atoms with van der Waals surface area (Å²) in [6, 6.07) is 3.21. The van der Waals surface area contributed by atoms with E-state index in [-0.39, 0.29) is 17.5 Å². The van der Waals surface area contributed by atoms with Gasteiger partial charge in [-0.1, -0.05) is 6.07 Å². The molecule has 1 aliphatic heterocycles. The first kappa shape index (κ1) is 18.4. The molecule has 2 rings (SSSR count). The summed E-state index contributed by atoms with van der Waals surface area (Å²) in [4.78, 5) is 13.4. The van der Waals surface area contributed by atoms with Gasteiger partial charge in [0.25, 0.3) is 15.9 Å². The number of hydrogen-bond donors (Lipinski definition) is 2. The van der Waals surface area contributed by atoms with Gasteiger partial charge in [0, 0.05) is 5.54 Å². The van der Waals surface area contributed by atoms with E-state index in [1.165, 1.54) is 15.6 Å². The van der Waals surface area contributed by atoms with Crippen LogP contribution in [0, 0.1) is 0 Å². The number of amides is 1. The highest BCUT2D eigenvalue weighted by Crippen LogP contribution is 2.20. The Labute approximate surface area is 142 Å². The van der Waals surface area contributed by atoms with Crippen LogP contribution in [0.4, 0.5) is 0 Å². The van der Waals surface area contributed by atoms with E-state index in [1.807, 2.05) is 27.7 Å². The van der Waals surface area contributed by atoms with Crippen LogP contribution in [0.1, 0.15) is 27.7 Å². The van der Waals surface area contributed by atoms with E-state index in [9.17, 15) is 13.2 Å². The van der Waals surface area contributed by atoms with E-state index in [0.717, 1.165) is 4.90 Å². The lowest BCUT2D eigenvalue weighted by atomic mass is 10.1. The largest absolute Gasteiger partial charge is 0.346 e. The van der Waals surface area contributed by atoms with Crippen LogP contribution in [-0.4, -0.2) is 56.4 Å². The van der Waals surface area contributed by atoms with Crippen LogP contribution in [0.2, 0.25) is 0 Å². The molecule has 1 amide bonds. The highest BCUT2D eigenvalue weighted by atomic mass is 32.2. The third-order valence-corrected chi connectivity index (χ3v) is 7.23. The SMILES string of the molecule is C[C@H](C(=O)NC(C)(C)C)[NH+]1CCN(S(=O)(=O)c2cccs2)CC1. The minimum Gasteiger partial charge on any atom is -0.346 e. The third-order valence-electron chi connectivity index (χ3n) is 3.96. The molecule has 1 atom stereocenters. The molecule has 1 aliphatic rings. The maximum Gasteiger partial charge on any atom is 0.278 e. The molecular weight excluding hydrogens is 334 g/mol. The first-order chi connectivity index (χ1) is 10.6. The van der Waals surface area contributed by atoms with Crippen LogP contribution in [0.15, 0.2) is 21.7 Å². The maximum absolute atomic E-state index is 12.5. The van der Waals surface area contributed by atoms with Crippen LogP contribution >= 0.6 is 11.3 Å². The zero-order chi connectivity index (χ0) is 17.3. The average Bonchev–Trinajstić information content (AvgIpc) is 2.99. The fraction of sp³-hybridized carbons (Fsp3) is 0.667. The summed E-state index contributed by atoms with van der Waals surface area (Å²) >= 11 is 1.24. The fourth-order valence-corrected chi connectivity index (χ4v) is 5.23. The number of carbonyl (C=O) groups excluding carboxylic acids is 1. The van der Waals surface area contributed by atoms with Crippen molar-refractivity contribution in [2.24, 2.45) is 0 Å². The molecule has 0 bridgehead atoms. The number of sulfonamides is 1. The second-order valence-electron chi connectivity index (χ2n) is 6.96. The van der Waals surface area contributed by atoms with Crippen molar-refractivity contribution in [1.82, 2.24) is 9.62 Å². The summed E-state index contributed by atoms with van der Waals surface area (Å²) in [6.07, 6.45) is 0. The fourth-order valence-electron chi connectivity index (χ4n) is 2.65. The Morgan fingerprint density at radius 1 is 1.35 bits per heavy atom. The number of carbonyl (C=O) groups is 1. The molecule has 0 radical (unpaired) electrons. The number of rotatable bonds is 4. The van der Waals surface area contributed by atoms with Crippen molar-refractivity contribution in [2.75, 3.05) is 26.2 Å². The third kappa shape index (κ3) is 4.53. The van der Waals surface area contributed by atoms with E-state index in [4.69, 9.17) is 0 Å². The normalized spacial score (nSPS) is 19.5. The highest BCUT2D eigenvalue weighted by molar-refractivity contribution is 7.91. The van der Waals surface area contributed by atoms with Gasteiger partial charge in [-0.05, 0) is 39.1 Å². The van der Waals surface area contributed by atoms with Crippen molar-refractivity contribution >= 4 is 27.3 Å². The lowest BCUT2D eigenvalue weighted by Crippen LogP contribution is -3.19. The number of hydrogen-bond acceptors (Lipinski definition) is 4.